The Hall–Kier alpha value is -0.440. The highest BCUT2D eigenvalue weighted by Crippen LogP contribution is 1.86. The number of alkyl halides is 2. The van der Waals surface area contributed by atoms with E-state index < -0.39 is 6.43 Å². The zero-order chi connectivity index (χ0) is 7.11. The Morgan fingerprint density at radius 3 is 2.67 bits per heavy atom. The monoisotopic (exact) mass is 135 g/mol. The molecule has 0 aromatic rings. The maximum absolute atomic E-state index is 11.4. The van der Waals surface area contributed by atoms with E-state index in [4.69, 9.17) is 0 Å². The highest BCUT2D eigenvalue weighted by molar-refractivity contribution is 4.79. The van der Waals surface area contributed by atoms with E-state index in [2.05, 4.69) is 5.32 Å². The Kier molecular flexibility index (Phi) is 5.41. The first-order valence-electron chi connectivity index (χ1n) is 2.87. The van der Waals surface area contributed by atoms with Crippen LogP contribution in [0.2, 0.25) is 0 Å². The summed E-state index contributed by atoms with van der Waals surface area (Å²) >= 11 is 0. The maximum Gasteiger partial charge on any atom is 0.250 e. The van der Waals surface area contributed by atoms with Gasteiger partial charge in [0.1, 0.15) is 0 Å². The van der Waals surface area contributed by atoms with E-state index >= 15 is 0 Å². The zero-order valence-electron chi connectivity index (χ0n) is 5.40. The Morgan fingerprint density at radius 1 is 1.56 bits per heavy atom. The number of halogens is 2. The molecule has 0 heterocycles. The van der Waals surface area contributed by atoms with Gasteiger partial charge in [-0.3, -0.25) is 0 Å². The van der Waals surface area contributed by atoms with Crippen molar-refractivity contribution in [2.45, 2.75) is 13.3 Å². The molecule has 0 radical (unpaired) electrons. The molecule has 0 aliphatic rings. The first-order valence-corrected chi connectivity index (χ1v) is 2.87. The van der Waals surface area contributed by atoms with Crippen LogP contribution in [0.15, 0.2) is 12.2 Å². The summed E-state index contributed by atoms with van der Waals surface area (Å²) in [5, 5.41) is 2.55. The second-order valence-corrected chi connectivity index (χ2v) is 1.62. The van der Waals surface area contributed by atoms with Crippen molar-refractivity contribution in [1.82, 2.24) is 5.32 Å². The molecule has 0 unspecified atom stereocenters. The van der Waals surface area contributed by atoms with Crippen LogP contribution < -0.4 is 5.32 Å². The van der Waals surface area contributed by atoms with Crippen molar-refractivity contribution in [3.63, 3.8) is 0 Å². The molecule has 0 aromatic carbocycles. The fourth-order valence-electron chi connectivity index (χ4n) is 0.394. The lowest BCUT2D eigenvalue weighted by atomic mass is 10.5. The molecule has 0 saturated carbocycles. The van der Waals surface area contributed by atoms with Gasteiger partial charge in [0, 0.05) is 6.54 Å². The van der Waals surface area contributed by atoms with Crippen LogP contribution in [0.25, 0.3) is 0 Å². The fourth-order valence-corrected chi connectivity index (χ4v) is 0.394. The molecule has 0 saturated heterocycles. The number of allylic oxidation sites excluding steroid dienone is 1. The van der Waals surface area contributed by atoms with E-state index in [-0.39, 0.29) is 6.54 Å². The lowest BCUT2D eigenvalue weighted by Gasteiger charge is -1.97. The Bertz CT molecular complexity index is 81.1. The number of hydrogen-bond donors (Lipinski definition) is 1. The third kappa shape index (κ3) is 7.56. The first-order chi connectivity index (χ1) is 4.27. The first kappa shape index (κ1) is 8.56. The normalized spacial score (nSPS) is 11.6. The number of nitrogens with one attached hydrogen (secondary N) is 1. The Balaban J connectivity index is 2.91. The van der Waals surface area contributed by atoms with Gasteiger partial charge in [-0.15, -0.1) is 0 Å². The Labute approximate surface area is 53.8 Å². The fraction of sp³-hybridized carbons (Fsp3) is 0.667. The van der Waals surface area contributed by atoms with Gasteiger partial charge in [0.15, 0.2) is 0 Å². The highest BCUT2D eigenvalue weighted by atomic mass is 19.3. The maximum atomic E-state index is 11.4. The lowest BCUT2D eigenvalue weighted by molar-refractivity contribution is 0.147. The number of rotatable bonds is 4. The molecule has 0 aliphatic carbocycles. The summed E-state index contributed by atoms with van der Waals surface area (Å²) in [6.07, 6.45) is 1.37. The summed E-state index contributed by atoms with van der Waals surface area (Å²) < 4.78 is 22.8. The van der Waals surface area contributed by atoms with Crippen LogP contribution in [0, 0.1) is 0 Å². The van der Waals surface area contributed by atoms with Gasteiger partial charge in [0.25, 0.3) is 6.43 Å². The summed E-state index contributed by atoms with van der Waals surface area (Å²) in [5.41, 5.74) is 0. The van der Waals surface area contributed by atoms with Crippen molar-refractivity contribution < 1.29 is 8.78 Å². The van der Waals surface area contributed by atoms with Gasteiger partial charge in [-0.2, -0.15) is 0 Å². The van der Waals surface area contributed by atoms with E-state index in [1.165, 1.54) is 0 Å². The second kappa shape index (κ2) is 5.69. The van der Waals surface area contributed by atoms with Crippen LogP contribution in [-0.4, -0.2) is 19.5 Å². The quantitative estimate of drug-likeness (QED) is 0.454. The molecule has 0 aliphatic heterocycles. The van der Waals surface area contributed by atoms with Gasteiger partial charge in [-0.25, -0.2) is 8.78 Å². The summed E-state index contributed by atoms with van der Waals surface area (Å²) in [7, 11) is 0. The van der Waals surface area contributed by atoms with Crippen molar-refractivity contribution >= 4 is 0 Å². The van der Waals surface area contributed by atoms with E-state index in [1.54, 1.807) is 6.08 Å². The second-order valence-electron chi connectivity index (χ2n) is 1.62. The predicted molar refractivity (Wildman–Crippen MR) is 33.7 cm³/mol. The van der Waals surface area contributed by atoms with Gasteiger partial charge >= 0.3 is 0 Å². The molecular weight excluding hydrogens is 124 g/mol. The topological polar surface area (TPSA) is 12.0 Å². The van der Waals surface area contributed by atoms with E-state index in [9.17, 15) is 8.78 Å². The molecule has 54 valence electrons. The minimum atomic E-state index is -2.24. The van der Waals surface area contributed by atoms with Crippen LogP contribution in [0.5, 0.6) is 0 Å². The Morgan fingerprint density at radius 2 is 2.22 bits per heavy atom. The van der Waals surface area contributed by atoms with Crippen LogP contribution in [-0.2, 0) is 0 Å². The molecule has 0 aromatic heterocycles. The summed E-state index contributed by atoms with van der Waals surface area (Å²) in [4.78, 5) is 0. The van der Waals surface area contributed by atoms with Gasteiger partial charge in [0.2, 0.25) is 0 Å². The van der Waals surface area contributed by atoms with Crippen molar-refractivity contribution in [2.75, 3.05) is 13.1 Å². The van der Waals surface area contributed by atoms with Gasteiger partial charge < -0.3 is 5.32 Å². The van der Waals surface area contributed by atoms with Crippen LogP contribution >= 0.6 is 0 Å². The van der Waals surface area contributed by atoms with Crippen LogP contribution in [0.3, 0.4) is 0 Å². The molecule has 0 spiro atoms. The third-order valence-corrected chi connectivity index (χ3v) is 0.797. The molecule has 0 rings (SSSR count). The zero-order valence-corrected chi connectivity index (χ0v) is 5.40. The van der Waals surface area contributed by atoms with Crippen molar-refractivity contribution in [2.24, 2.45) is 0 Å². The molecule has 1 nitrogen and oxygen atoms in total. The minimum absolute atomic E-state index is 0.218. The smallest absolute Gasteiger partial charge is 0.250 e. The van der Waals surface area contributed by atoms with E-state index in [1.807, 2.05) is 13.0 Å². The SMILES string of the molecule is C/C=C/CNCC(F)F. The molecule has 1 N–H and O–H groups in total. The van der Waals surface area contributed by atoms with E-state index in [0.29, 0.717) is 6.54 Å². The summed E-state index contributed by atoms with van der Waals surface area (Å²) in [6.45, 7) is 2.16. The summed E-state index contributed by atoms with van der Waals surface area (Å²) in [6, 6.07) is 0. The largest absolute Gasteiger partial charge is 0.308 e. The third-order valence-electron chi connectivity index (χ3n) is 0.797. The average molecular weight is 135 g/mol. The van der Waals surface area contributed by atoms with Crippen LogP contribution in [0.4, 0.5) is 8.78 Å². The highest BCUT2D eigenvalue weighted by Gasteiger charge is 1.97. The molecule has 0 fully saturated rings. The molecular formula is C6H11F2N. The molecule has 0 atom stereocenters. The van der Waals surface area contributed by atoms with Gasteiger partial charge in [-0.05, 0) is 6.92 Å². The average Bonchev–Trinajstić information content (AvgIpc) is 1.80. The summed E-state index contributed by atoms with van der Waals surface area (Å²) in [5.74, 6) is 0. The van der Waals surface area contributed by atoms with Crippen molar-refractivity contribution in [3.05, 3.63) is 12.2 Å². The molecule has 0 bridgehead atoms. The number of hydrogen-bond acceptors (Lipinski definition) is 1. The van der Waals surface area contributed by atoms with Gasteiger partial charge in [-0.1, -0.05) is 12.2 Å². The van der Waals surface area contributed by atoms with Gasteiger partial charge in [0.05, 0.1) is 6.54 Å². The van der Waals surface area contributed by atoms with Crippen molar-refractivity contribution in [3.8, 4) is 0 Å². The van der Waals surface area contributed by atoms with Crippen molar-refractivity contribution in [1.29, 1.82) is 0 Å². The molecule has 3 heteroatoms. The van der Waals surface area contributed by atoms with E-state index in [0.717, 1.165) is 0 Å². The predicted octanol–water partition coefficient (Wildman–Crippen LogP) is 1.42. The lowest BCUT2D eigenvalue weighted by Crippen LogP contribution is -2.20. The van der Waals surface area contributed by atoms with Crippen LogP contribution in [0.1, 0.15) is 6.92 Å². The molecule has 9 heavy (non-hydrogen) atoms. The standard InChI is InChI=1S/C6H11F2N/c1-2-3-4-9-5-6(7)8/h2-3,6,9H,4-5H2,1H3/b3-2+. The minimum Gasteiger partial charge on any atom is -0.308 e. The molecule has 0 amide bonds.